The van der Waals surface area contributed by atoms with Crippen LogP contribution in [0.4, 0.5) is 4.39 Å². The van der Waals surface area contributed by atoms with Crippen LogP contribution in [0.3, 0.4) is 0 Å². The van der Waals surface area contributed by atoms with E-state index in [1.807, 2.05) is 25.1 Å². The Kier molecular flexibility index (Phi) is 4.66. The Balaban J connectivity index is 1.53. The van der Waals surface area contributed by atoms with Crippen molar-refractivity contribution in [2.24, 2.45) is 0 Å². The van der Waals surface area contributed by atoms with Gasteiger partial charge in [0.15, 0.2) is 0 Å². The second-order valence-electron chi connectivity index (χ2n) is 6.76. The minimum atomic E-state index is -0.357. The van der Waals surface area contributed by atoms with Gasteiger partial charge < -0.3 is 9.42 Å². The molecule has 3 heterocycles. The normalized spacial score (nSPS) is 19.9. The van der Waals surface area contributed by atoms with Crippen LogP contribution in [0, 0.1) is 5.82 Å². The molecule has 0 bridgehead atoms. The fraction of sp³-hybridized carbons (Fsp3) is 0.300. The molecule has 0 N–H and O–H groups in total. The highest BCUT2D eigenvalue weighted by atomic mass is 19.1. The lowest BCUT2D eigenvalue weighted by Crippen LogP contribution is -2.44. The standard InChI is InChI=1S/C20H19FN4O2/c1-13-5-6-15(12-25(13)20(26)14-7-9-16(21)10-8-14)19-23-18(24-27-19)17-4-2-3-11-22-17/h2-4,7-11,13,15H,5-6,12H2,1H3. The summed E-state index contributed by atoms with van der Waals surface area (Å²) in [6, 6.07) is 11.2. The number of hydrogen-bond donors (Lipinski definition) is 0. The number of carbonyl (C=O) groups excluding carboxylic acids is 1. The van der Waals surface area contributed by atoms with Crippen LogP contribution in [0.2, 0.25) is 0 Å². The Morgan fingerprint density at radius 3 is 2.74 bits per heavy atom. The van der Waals surface area contributed by atoms with Crippen LogP contribution in [0.5, 0.6) is 0 Å². The van der Waals surface area contributed by atoms with E-state index in [4.69, 9.17) is 4.52 Å². The second-order valence-corrected chi connectivity index (χ2v) is 6.76. The Hall–Kier alpha value is -3.09. The number of nitrogens with zero attached hydrogens (tertiary/aromatic N) is 4. The minimum absolute atomic E-state index is 0.0319. The van der Waals surface area contributed by atoms with E-state index < -0.39 is 0 Å². The summed E-state index contributed by atoms with van der Waals surface area (Å²) in [6.07, 6.45) is 3.37. The first-order valence-electron chi connectivity index (χ1n) is 8.93. The molecule has 0 saturated carbocycles. The van der Waals surface area contributed by atoms with Crippen molar-refractivity contribution in [3.63, 3.8) is 0 Å². The quantitative estimate of drug-likeness (QED) is 0.707. The van der Waals surface area contributed by atoms with Crippen LogP contribution in [0.1, 0.15) is 41.9 Å². The molecule has 0 aliphatic carbocycles. The molecule has 6 nitrogen and oxygen atoms in total. The molecule has 1 amide bonds. The van der Waals surface area contributed by atoms with Gasteiger partial charge in [0, 0.05) is 24.3 Å². The average molecular weight is 366 g/mol. The summed E-state index contributed by atoms with van der Waals surface area (Å²) in [7, 11) is 0. The number of likely N-dealkylation sites (tertiary alicyclic amines) is 1. The van der Waals surface area contributed by atoms with Crippen molar-refractivity contribution in [3.05, 3.63) is 65.9 Å². The van der Waals surface area contributed by atoms with Gasteiger partial charge in [-0.25, -0.2) is 4.39 Å². The van der Waals surface area contributed by atoms with Crippen LogP contribution in [-0.4, -0.2) is 38.5 Å². The molecular weight excluding hydrogens is 347 g/mol. The smallest absolute Gasteiger partial charge is 0.254 e. The van der Waals surface area contributed by atoms with Gasteiger partial charge in [0.05, 0.1) is 5.92 Å². The largest absolute Gasteiger partial charge is 0.339 e. The first-order chi connectivity index (χ1) is 13.1. The van der Waals surface area contributed by atoms with Gasteiger partial charge in [-0.15, -0.1) is 0 Å². The minimum Gasteiger partial charge on any atom is -0.339 e. The topological polar surface area (TPSA) is 72.1 Å². The molecule has 0 spiro atoms. The van der Waals surface area contributed by atoms with Crippen LogP contribution in [-0.2, 0) is 0 Å². The zero-order valence-corrected chi connectivity index (χ0v) is 14.9. The zero-order chi connectivity index (χ0) is 18.8. The fourth-order valence-corrected chi connectivity index (χ4v) is 3.35. The maximum Gasteiger partial charge on any atom is 0.254 e. The summed E-state index contributed by atoms with van der Waals surface area (Å²) >= 11 is 0. The van der Waals surface area contributed by atoms with E-state index in [0.717, 1.165) is 12.8 Å². The molecule has 27 heavy (non-hydrogen) atoms. The lowest BCUT2D eigenvalue weighted by molar-refractivity contribution is 0.0593. The number of halogens is 1. The summed E-state index contributed by atoms with van der Waals surface area (Å²) < 4.78 is 18.6. The van der Waals surface area contributed by atoms with Crippen molar-refractivity contribution in [3.8, 4) is 11.5 Å². The number of piperidine rings is 1. The van der Waals surface area contributed by atoms with Gasteiger partial charge in [-0.1, -0.05) is 11.2 Å². The zero-order valence-electron chi connectivity index (χ0n) is 14.9. The van der Waals surface area contributed by atoms with Crippen molar-refractivity contribution in [1.29, 1.82) is 0 Å². The summed E-state index contributed by atoms with van der Waals surface area (Å²) in [5, 5.41) is 4.02. The predicted octanol–water partition coefficient (Wildman–Crippen LogP) is 3.68. The highest BCUT2D eigenvalue weighted by Gasteiger charge is 2.33. The predicted molar refractivity (Wildman–Crippen MR) is 96.4 cm³/mol. The van der Waals surface area contributed by atoms with E-state index in [1.54, 1.807) is 11.1 Å². The van der Waals surface area contributed by atoms with Crippen molar-refractivity contribution in [2.75, 3.05) is 6.54 Å². The molecule has 138 valence electrons. The van der Waals surface area contributed by atoms with Gasteiger partial charge in [0.25, 0.3) is 5.91 Å². The number of pyridine rings is 1. The maximum absolute atomic E-state index is 13.1. The van der Waals surface area contributed by atoms with Gasteiger partial charge >= 0.3 is 0 Å². The Labute approximate surface area is 156 Å². The van der Waals surface area contributed by atoms with E-state index in [0.29, 0.717) is 29.5 Å². The van der Waals surface area contributed by atoms with Gasteiger partial charge in [-0.05, 0) is 56.2 Å². The molecular formula is C20H19FN4O2. The lowest BCUT2D eigenvalue weighted by Gasteiger charge is -2.36. The van der Waals surface area contributed by atoms with Crippen molar-refractivity contribution in [1.82, 2.24) is 20.0 Å². The number of carbonyl (C=O) groups is 1. The summed E-state index contributed by atoms with van der Waals surface area (Å²) in [6.45, 7) is 2.51. The third-order valence-electron chi connectivity index (χ3n) is 4.92. The number of amides is 1. The number of hydrogen-bond acceptors (Lipinski definition) is 5. The molecule has 1 aliphatic rings. The Morgan fingerprint density at radius 1 is 1.19 bits per heavy atom. The summed E-state index contributed by atoms with van der Waals surface area (Å²) in [5.41, 5.74) is 1.12. The molecule has 1 fully saturated rings. The lowest BCUT2D eigenvalue weighted by atomic mass is 9.92. The third-order valence-corrected chi connectivity index (χ3v) is 4.92. The first kappa shape index (κ1) is 17.3. The van der Waals surface area contributed by atoms with Crippen LogP contribution in [0.15, 0.2) is 53.2 Å². The van der Waals surface area contributed by atoms with Crippen LogP contribution >= 0.6 is 0 Å². The fourth-order valence-electron chi connectivity index (χ4n) is 3.35. The van der Waals surface area contributed by atoms with Crippen molar-refractivity contribution in [2.45, 2.75) is 31.7 Å². The molecule has 2 atom stereocenters. The summed E-state index contributed by atoms with van der Waals surface area (Å²) in [4.78, 5) is 23.4. The Bertz CT molecular complexity index is 927. The van der Waals surface area contributed by atoms with E-state index in [1.165, 1.54) is 24.3 Å². The highest BCUT2D eigenvalue weighted by Crippen LogP contribution is 2.31. The molecule has 3 aromatic rings. The van der Waals surface area contributed by atoms with Gasteiger partial charge in [-0.2, -0.15) is 4.98 Å². The van der Waals surface area contributed by atoms with Gasteiger partial charge in [-0.3, -0.25) is 9.78 Å². The number of aromatic nitrogens is 3. The highest BCUT2D eigenvalue weighted by molar-refractivity contribution is 5.94. The van der Waals surface area contributed by atoms with E-state index in [-0.39, 0.29) is 23.7 Å². The third kappa shape index (κ3) is 3.58. The number of rotatable bonds is 3. The average Bonchev–Trinajstić information content (AvgIpc) is 3.19. The second kappa shape index (κ2) is 7.26. The van der Waals surface area contributed by atoms with Crippen molar-refractivity contribution < 1.29 is 13.7 Å². The van der Waals surface area contributed by atoms with Crippen molar-refractivity contribution >= 4 is 5.91 Å². The van der Waals surface area contributed by atoms with Crippen LogP contribution in [0.25, 0.3) is 11.5 Å². The molecule has 1 aliphatic heterocycles. The molecule has 7 heteroatoms. The number of benzene rings is 1. The molecule has 4 rings (SSSR count). The molecule has 1 aromatic carbocycles. The Morgan fingerprint density at radius 2 is 2.00 bits per heavy atom. The SMILES string of the molecule is CC1CCC(c2nc(-c3ccccn3)no2)CN1C(=O)c1ccc(F)cc1. The molecule has 2 unspecified atom stereocenters. The van der Waals surface area contributed by atoms with E-state index >= 15 is 0 Å². The van der Waals surface area contributed by atoms with Gasteiger partial charge in [0.2, 0.25) is 11.7 Å². The monoisotopic (exact) mass is 366 g/mol. The first-order valence-corrected chi connectivity index (χ1v) is 8.93. The molecule has 2 aromatic heterocycles. The molecule has 1 saturated heterocycles. The molecule has 0 radical (unpaired) electrons. The van der Waals surface area contributed by atoms with E-state index in [9.17, 15) is 9.18 Å². The van der Waals surface area contributed by atoms with Gasteiger partial charge in [0.1, 0.15) is 11.5 Å². The summed E-state index contributed by atoms with van der Waals surface area (Å²) in [5.74, 6) is 0.455. The maximum atomic E-state index is 13.1. The van der Waals surface area contributed by atoms with Crippen LogP contribution < -0.4 is 0 Å². The van der Waals surface area contributed by atoms with E-state index in [2.05, 4.69) is 15.1 Å².